The molecule has 3 rings (SSSR count). The average Bonchev–Trinajstić information content (AvgIpc) is 2.89. The first-order valence-electron chi connectivity index (χ1n) is 5.20. The molecule has 0 radical (unpaired) electrons. The molecule has 0 amide bonds. The van der Waals surface area contributed by atoms with E-state index in [-0.39, 0.29) is 0 Å². The summed E-state index contributed by atoms with van der Waals surface area (Å²) in [7, 11) is 1.93. The van der Waals surface area contributed by atoms with Crippen LogP contribution in [0.15, 0.2) is 29.0 Å². The fourth-order valence-corrected chi connectivity index (χ4v) is 1.74. The molecule has 0 atom stereocenters. The minimum atomic E-state index is 0.333. The van der Waals surface area contributed by atoms with Gasteiger partial charge in [0.1, 0.15) is 0 Å². The molecule has 0 unspecified atom stereocenters. The van der Waals surface area contributed by atoms with Crippen LogP contribution >= 0.6 is 0 Å². The Morgan fingerprint density at radius 3 is 3.00 bits per heavy atom. The smallest absolute Gasteiger partial charge is 0.322 e. The number of anilines is 2. The summed E-state index contributed by atoms with van der Waals surface area (Å²) in [6, 6.07) is 6.46. The van der Waals surface area contributed by atoms with Crippen molar-refractivity contribution in [2.24, 2.45) is 7.05 Å². The number of benzene rings is 1. The van der Waals surface area contributed by atoms with Gasteiger partial charge in [0.15, 0.2) is 0 Å². The Morgan fingerprint density at radius 2 is 2.24 bits per heavy atom. The lowest BCUT2D eigenvalue weighted by Crippen LogP contribution is -1.99. The highest BCUT2D eigenvalue weighted by molar-refractivity contribution is 5.79. The van der Waals surface area contributed by atoms with E-state index in [1.807, 2.05) is 30.7 Å². The number of fused-ring (bicyclic) bond motifs is 1. The standard InChI is InChI=1S/C11H11N5O/c1-7-3-4-9-8(5-7)13-10(16(9)2)14-11-15-12-6-17-11/h3-6H,1-2H3,(H,13,14,15). The van der Waals surface area contributed by atoms with Crippen LogP contribution in [-0.2, 0) is 7.05 Å². The van der Waals surface area contributed by atoms with Gasteiger partial charge >= 0.3 is 6.01 Å². The highest BCUT2D eigenvalue weighted by Gasteiger charge is 2.09. The van der Waals surface area contributed by atoms with Gasteiger partial charge in [0.05, 0.1) is 11.0 Å². The molecule has 6 heteroatoms. The Bertz CT molecular complexity index is 656. The largest absolute Gasteiger partial charge is 0.411 e. The van der Waals surface area contributed by atoms with E-state index >= 15 is 0 Å². The molecule has 0 aliphatic carbocycles. The zero-order valence-electron chi connectivity index (χ0n) is 9.51. The van der Waals surface area contributed by atoms with Gasteiger partial charge in [-0.2, -0.15) is 0 Å². The average molecular weight is 229 g/mol. The van der Waals surface area contributed by atoms with E-state index in [4.69, 9.17) is 4.42 Å². The molecule has 3 aromatic rings. The van der Waals surface area contributed by atoms with Crippen molar-refractivity contribution in [2.45, 2.75) is 6.92 Å². The molecule has 0 spiro atoms. The monoisotopic (exact) mass is 229 g/mol. The van der Waals surface area contributed by atoms with Crippen LogP contribution in [0.25, 0.3) is 11.0 Å². The molecule has 2 aromatic heterocycles. The summed E-state index contributed by atoms with van der Waals surface area (Å²) >= 11 is 0. The Labute approximate surface area is 97.3 Å². The van der Waals surface area contributed by atoms with Crippen LogP contribution < -0.4 is 5.32 Å². The lowest BCUT2D eigenvalue weighted by Gasteiger charge is -2.00. The van der Waals surface area contributed by atoms with Crippen LogP contribution in [0.3, 0.4) is 0 Å². The highest BCUT2D eigenvalue weighted by Crippen LogP contribution is 2.21. The quantitative estimate of drug-likeness (QED) is 0.728. The van der Waals surface area contributed by atoms with Crippen molar-refractivity contribution in [3.63, 3.8) is 0 Å². The third-order valence-electron chi connectivity index (χ3n) is 2.62. The summed E-state index contributed by atoms with van der Waals surface area (Å²) < 4.78 is 6.97. The number of aromatic nitrogens is 4. The SMILES string of the molecule is Cc1ccc2c(c1)nc(Nc1nnco1)n2C. The van der Waals surface area contributed by atoms with Gasteiger partial charge in [-0.05, 0) is 24.6 Å². The number of nitrogens with zero attached hydrogens (tertiary/aromatic N) is 4. The maximum Gasteiger partial charge on any atom is 0.322 e. The maximum atomic E-state index is 5.03. The normalized spacial score (nSPS) is 10.9. The van der Waals surface area contributed by atoms with Crippen LogP contribution in [0.2, 0.25) is 0 Å². The van der Waals surface area contributed by atoms with Crippen molar-refractivity contribution < 1.29 is 4.42 Å². The van der Waals surface area contributed by atoms with Crippen LogP contribution in [0.1, 0.15) is 5.56 Å². The van der Waals surface area contributed by atoms with Crippen molar-refractivity contribution in [1.82, 2.24) is 19.7 Å². The molecule has 0 saturated heterocycles. The second-order valence-electron chi connectivity index (χ2n) is 3.86. The number of hydrogen-bond acceptors (Lipinski definition) is 5. The molecule has 0 aliphatic heterocycles. The summed E-state index contributed by atoms with van der Waals surface area (Å²) in [4.78, 5) is 4.47. The highest BCUT2D eigenvalue weighted by atomic mass is 16.4. The molecule has 86 valence electrons. The fourth-order valence-electron chi connectivity index (χ4n) is 1.74. The number of rotatable bonds is 2. The van der Waals surface area contributed by atoms with E-state index in [0.29, 0.717) is 12.0 Å². The summed E-state index contributed by atoms with van der Waals surface area (Å²) in [5.74, 6) is 0.676. The second kappa shape index (κ2) is 3.58. The van der Waals surface area contributed by atoms with Gasteiger partial charge < -0.3 is 8.98 Å². The fraction of sp³-hybridized carbons (Fsp3) is 0.182. The van der Waals surface area contributed by atoms with Gasteiger partial charge in [0, 0.05) is 7.05 Å². The number of imidazole rings is 1. The zero-order valence-corrected chi connectivity index (χ0v) is 9.51. The Hall–Kier alpha value is -2.37. The number of aryl methyl sites for hydroxylation is 2. The van der Waals surface area contributed by atoms with Gasteiger partial charge in [-0.3, -0.25) is 5.32 Å². The van der Waals surface area contributed by atoms with Crippen molar-refractivity contribution in [2.75, 3.05) is 5.32 Å². The first-order valence-corrected chi connectivity index (χ1v) is 5.20. The molecule has 1 aromatic carbocycles. The summed E-state index contributed by atoms with van der Waals surface area (Å²) in [6.07, 6.45) is 1.27. The van der Waals surface area contributed by atoms with E-state index < -0.39 is 0 Å². The van der Waals surface area contributed by atoms with Crippen molar-refractivity contribution in [1.29, 1.82) is 0 Å². The maximum absolute atomic E-state index is 5.03. The van der Waals surface area contributed by atoms with E-state index in [2.05, 4.69) is 26.6 Å². The topological polar surface area (TPSA) is 68.8 Å². The Morgan fingerprint density at radius 1 is 1.35 bits per heavy atom. The molecule has 0 saturated carbocycles. The molecule has 0 aliphatic rings. The van der Waals surface area contributed by atoms with Gasteiger partial charge in [-0.15, -0.1) is 5.10 Å². The van der Waals surface area contributed by atoms with Gasteiger partial charge in [-0.25, -0.2) is 4.98 Å². The van der Waals surface area contributed by atoms with Crippen LogP contribution in [0, 0.1) is 6.92 Å². The van der Waals surface area contributed by atoms with E-state index in [1.54, 1.807) is 0 Å². The van der Waals surface area contributed by atoms with Crippen molar-refractivity contribution in [3.05, 3.63) is 30.2 Å². The van der Waals surface area contributed by atoms with Crippen LogP contribution in [-0.4, -0.2) is 19.7 Å². The molecule has 17 heavy (non-hydrogen) atoms. The summed E-state index contributed by atoms with van der Waals surface area (Å²) in [6.45, 7) is 2.04. The van der Waals surface area contributed by atoms with Gasteiger partial charge in [-0.1, -0.05) is 11.2 Å². The number of nitrogens with one attached hydrogen (secondary N) is 1. The van der Waals surface area contributed by atoms with Crippen LogP contribution in [0.5, 0.6) is 0 Å². The molecule has 1 N–H and O–H groups in total. The van der Waals surface area contributed by atoms with Gasteiger partial charge in [0.25, 0.3) is 0 Å². The first kappa shape index (κ1) is 9.83. The minimum Gasteiger partial charge on any atom is -0.411 e. The third-order valence-corrected chi connectivity index (χ3v) is 2.62. The minimum absolute atomic E-state index is 0.333. The molecular weight excluding hydrogens is 218 g/mol. The molecule has 0 fully saturated rings. The van der Waals surface area contributed by atoms with E-state index in [9.17, 15) is 0 Å². The van der Waals surface area contributed by atoms with E-state index in [0.717, 1.165) is 11.0 Å². The summed E-state index contributed by atoms with van der Waals surface area (Å²) in [5.41, 5.74) is 3.17. The number of hydrogen-bond donors (Lipinski definition) is 1. The molecule has 2 heterocycles. The zero-order chi connectivity index (χ0) is 11.8. The second-order valence-corrected chi connectivity index (χ2v) is 3.86. The van der Waals surface area contributed by atoms with Crippen LogP contribution in [0.4, 0.5) is 12.0 Å². The Balaban J connectivity index is 2.08. The predicted molar refractivity (Wildman–Crippen MR) is 63.0 cm³/mol. The van der Waals surface area contributed by atoms with Crippen molar-refractivity contribution >= 4 is 23.0 Å². The summed E-state index contributed by atoms with van der Waals surface area (Å²) in [5, 5.41) is 10.3. The van der Waals surface area contributed by atoms with Crippen molar-refractivity contribution in [3.8, 4) is 0 Å². The Kier molecular flexibility index (Phi) is 2.07. The lowest BCUT2D eigenvalue weighted by molar-refractivity contribution is 0.570. The third kappa shape index (κ3) is 1.63. The first-order chi connectivity index (χ1) is 8.24. The molecular formula is C11H11N5O. The van der Waals surface area contributed by atoms with E-state index in [1.165, 1.54) is 12.0 Å². The lowest BCUT2D eigenvalue weighted by atomic mass is 10.2. The van der Waals surface area contributed by atoms with Gasteiger partial charge in [0.2, 0.25) is 12.3 Å². The molecule has 6 nitrogen and oxygen atoms in total. The predicted octanol–water partition coefficient (Wildman–Crippen LogP) is 2.01. The molecule has 0 bridgehead atoms.